The van der Waals surface area contributed by atoms with Gasteiger partial charge in [0.2, 0.25) is 0 Å². The Morgan fingerprint density at radius 2 is 1.80 bits per heavy atom. The molecule has 3 atom stereocenters. The lowest BCUT2D eigenvalue weighted by atomic mass is 9.70. The number of hydrogen-bond acceptors (Lipinski definition) is 2. The summed E-state index contributed by atoms with van der Waals surface area (Å²) in [5.74, 6) is 0.703. The minimum atomic E-state index is -0.178. The first-order chi connectivity index (χ1) is 9.38. The number of benzene rings is 1. The van der Waals surface area contributed by atoms with E-state index in [2.05, 4.69) is 63.1 Å². The molecule has 2 rings (SSSR count). The van der Waals surface area contributed by atoms with Gasteiger partial charge in [-0.3, -0.25) is 4.90 Å². The zero-order valence-electron chi connectivity index (χ0n) is 13.3. The summed E-state index contributed by atoms with van der Waals surface area (Å²) < 4.78 is 0. The van der Waals surface area contributed by atoms with Crippen molar-refractivity contribution in [2.24, 2.45) is 11.3 Å². The molecule has 0 amide bonds. The van der Waals surface area contributed by atoms with Gasteiger partial charge in [-0.05, 0) is 43.2 Å². The molecule has 2 nitrogen and oxygen atoms in total. The largest absolute Gasteiger partial charge is 0.391 e. The number of nitrogens with zero attached hydrogens (tertiary/aromatic N) is 1. The number of aliphatic hydroxyl groups is 1. The Morgan fingerprint density at radius 1 is 1.15 bits per heavy atom. The first-order valence-corrected chi connectivity index (χ1v) is 7.80. The fourth-order valence-electron chi connectivity index (χ4n) is 3.38. The van der Waals surface area contributed by atoms with Crippen LogP contribution in [0.15, 0.2) is 30.3 Å². The van der Waals surface area contributed by atoms with Gasteiger partial charge in [-0.2, -0.15) is 0 Å². The summed E-state index contributed by atoms with van der Waals surface area (Å²) in [5, 5.41) is 10.4. The van der Waals surface area contributed by atoms with Crippen LogP contribution in [0.4, 0.5) is 0 Å². The van der Waals surface area contributed by atoms with E-state index in [1.54, 1.807) is 0 Å². The minimum absolute atomic E-state index is 0.178. The molecule has 0 radical (unpaired) electrons. The van der Waals surface area contributed by atoms with E-state index in [0.29, 0.717) is 11.3 Å². The lowest BCUT2D eigenvalue weighted by molar-refractivity contribution is -0.0103. The maximum Gasteiger partial charge on any atom is 0.0695 e. The molecule has 1 N–H and O–H groups in total. The van der Waals surface area contributed by atoms with E-state index in [4.69, 9.17) is 0 Å². The maximum absolute atomic E-state index is 10.4. The highest BCUT2D eigenvalue weighted by atomic mass is 16.3. The fourth-order valence-corrected chi connectivity index (χ4v) is 3.38. The highest BCUT2D eigenvalue weighted by Gasteiger charge is 2.36. The molecule has 112 valence electrons. The van der Waals surface area contributed by atoms with E-state index < -0.39 is 0 Å². The summed E-state index contributed by atoms with van der Waals surface area (Å²) in [6.45, 7) is 7.89. The van der Waals surface area contributed by atoms with Gasteiger partial charge in [-0.1, -0.05) is 51.1 Å². The standard InChI is InChI=1S/C18H29NO/c1-18(2,3)15-10-11-17(20)16(12-15)19(4)13-14-8-6-5-7-9-14/h5-9,15-17,20H,10-13H2,1-4H3. The van der Waals surface area contributed by atoms with Gasteiger partial charge in [0, 0.05) is 12.6 Å². The van der Waals surface area contributed by atoms with Crippen LogP contribution in [0.2, 0.25) is 0 Å². The van der Waals surface area contributed by atoms with E-state index in [-0.39, 0.29) is 12.1 Å². The van der Waals surface area contributed by atoms with E-state index in [1.807, 2.05) is 0 Å². The molecule has 3 unspecified atom stereocenters. The predicted octanol–water partition coefficient (Wildman–Crippen LogP) is 3.69. The molecule has 1 aromatic carbocycles. The summed E-state index contributed by atoms with van der Waals surface area (Å²) in [6, 6.07) is 10.8. The van der Waals surface area contributed by atoms with Gasteiger partial charge in [0.15, 0.2) is 0 Å². The van der Waals surface area contributed by atoms with Crippen LogP contribution in [0.1, 0.15) is 45.6 Å². The van der Waals surface area contributed by atoms with Crippen LogP contribution in [-0.4, -0.2) is 29.2 Å². The van der Waals surface area contributed by atoms with Gasteiger partial charge in [-0.25, -0.2) is 0 Å². The number of rotatable bonds is 3. The lowest BCUT2D eigenvalue weighted by Gasteiger charge is -2.43. The molecule has 0 bridgehead atoms. The van der Waals surface area contributed by atoms with Crippen LogP contribution in [0.25, 0.3) is 0 Å². The van der Waals surface area contributed by atoms with Crippen molar-refractivity contribution in [2.45, 2.75) is 58.7 Å². The lowest BCUT2D eigenvalue weighted by Crippen LogP contribution is -2.47. The molecule has 0 aromatic heterocycles. The van der Waals surface area contributed by atoms with Crippen LogP contribution in [-0.2, 0) is 6.54 Å². The second-order valence-electron chi connectivity index (χ2n) is 7.41. The molecule has 0 spiro atoms. The van der Waals surface area contributed by atoms with Crippen molar-refractivity contribution < 1.29 is 5.11 Å². The number of likely N-dealkylation sites (N-methyl/N-ethyl adjacent to an activating group) is 1. The SMILES string of the molecule is CN(Cc1ccccc1)C1CC(C(C)(C)C)CCC1O. The molecular weight excluding hydrogens is 246 g/mol. The maximum atomic E-state index is 10.4. The highest BCUT2D eigenvalue weighted by Crippen LogP contribution is 2.39. The summed E-state index contributed by atoms with van der Waals surface area (Å²) >= 11 is 0. The first kappa shape index (κ1) is 15.5. The Kier molecular flexibility index (Phi) is 4.87. The summed E-state index contributed by atoms with van der Waals surface area (Å²) in [6.07, 6.45) is 3.02. The third-order valence-electron chi connectivity index (χ3n) is 4.85. The average molecular weight is 275 g/mol. The molecular formula is C18H29NO. The quantitative estimate of drug-likeness (QED) is 0.909. The fraction of sp³-hybridized carbons (Fsp3) is 0.667. The second-order valence-corrected chi connectivity index (χ2v) is 7.41. The van der Waals surface area contributed by atoms with Crippen LogP contribution < -0.4 is 0 Å². The summed E-state index contributed by atoms with van der Waals surface area (Å²) in [5.41, 5.74) is 1.66. The van der Waals surface area contributed by atoms with Crippen molar-refractivity contribution >= 4 is 0 Å². The predicted molar refractivity (Wildman–Crippen MR) is 84.5 cm³/mol. The van der Waals surface area contributed by atoms with E-state index >= 15 is 0 Å². The van der Waals surface area contributed by atoms with Gasteiger partial charge < -0.3 is 5.11 Å². The topological polar surface area (TPSA) is 23.5 Å². The van der Waals surface area contributed by atoms with E-state index in [9.17, 15) is 5.11 Å². The number of hydrogen-bond donors (Lipinski definition) is 1. The Bertz CT molecular complexity index is 409. The van der Waals surface area contributed by atoms with Crippen LogP contribution >= 0.6 is 0 Å². The normalized spacial score (nSPS) is 27.8. The minimum Gasteiger partial charge on any atom is -0.391 e. The third-order valence-corrected chi connectivity index (χ3v) is 4.85. The number of aliphatic hydroxyl groups excluding tert-OH is 1. The molecule has 0 heterocycles. The molecule has 1 aliphatic rings. The second kappa shape index (κ2) is 6.28. The Balaban J connectivity index is 2.02. The zero-order valence-corrected chi connectivity index (χ0v) is 13.3. The zero-order chi connectivity index (χ0) is 14.8. The van der Waals surface area contributed by atoms with Crippen LogP contribution in [0.3, 0.4) is 0 Å². The molecule has 0 aliphatic heterocycles. The molecule has 20 heavy (non-hydrogen) atoms. The Morgan fingerprint density at radius 3 is 2.40 bits per heavy atom. The average Bonchev–Trinajstić information content (AvgIpc) is 2.39. The first-order valence-electron chi connectivity index (χ1n) is 7.80. The van der Waals surface area contributed by atoms with Crippen molar-refractivity contribution in [1.29, 1.82) is 0 Å². The Hall–Kier alpha value is -0.860. The van der Waals surface area contributed by atoms with Crippen LogP contribution in [0.5, 0.6) is 0 Å². The summed E-state index contributed by atoms with van der Waals surface area (Å²) in [4.78, 5) is 2.33. The van der Waals surface area contributed by atoms with Crippen LogP contribution in [0, 0.1) is 11.3 Å². The van der Waals surface area contributed by atoms with Crippen molar-refractivity contribution in [3.63, 3.8) is 0 Å². The molecule has 1 fully saturated rings. The smallest absolute Gasteiger partial charge is 0.0695 e. The summed E-state index contributed by atoms with van der Waals surface area (Å²) in [7, 11) is 2.14. The van der Waals surface area contributed by atoms with Gasteiger partial charge in [0.1, 0.15) is 0 Å². The van der Waals surface area contributed by atoms with Crippen molar-refractivity contribution in [1.82, 2.24) is 4.90 Å². The van der Waals surface area contributed by atoms with Gasteiger partial charge in [0.05, 0.1) is 6.10 Å². The van der Waals surface area contributed by atoms with Gasteiger partial charge >= 0.3 is 0 Å². The third kappa shape index (κ3) is 3.83. The highest BCUT2D eigenvalue weighted by molar-refractivity contribution is 5.14. The molecule has 1 saturated carbocycles. The molecule has 1 aliphatic carbocycles. The molecule has 2 heteroatoms. The molecule has 0 saturated heterocycles. The van der Waals surface area contributed by atoms with E-state index in [1.165, 1.54) is 5.56 Å². The van der Waals surface area contributed by atoms with Gasteiger partial charge in [-0.15, -0.1) is 0 Å². The Labute approximate surface area is 123 Å². The van der Waals surface area contributed by atoms with Crippen molar-refractivity contribution in [2.75, 3.05) is 7.05 Å². The van der Waals surface area contributed by atoms with Gasteiger partial charge in [0.25, 0.3) is 0 Å². The van der Waals surface area contributed by atoms with E-state index in [0.717, 1.165) is 25.8 Å². The van der Waals surface area contributed by atoms with Crippen molar-refractivity contribution in [3.05, 3.63) is 35.9 Å². The van der Waals surface area contributed by atoms with Crippen molar-refractivity contribution in [3.8, 4) is 0 Å². The monoisotopic (exact) mass is 275 g/mol. The molecule has 1 aromatic rings.